The van der Waals surface area contributed by atoms with Crippen LogP contribution in [-0.2, 0) is 0 Å². The zero-order valence-corrected chi connectivity index (χ0v) is 11.0. The molecule has 0 saturated heterocycles. The molecule has 4 heteroatoms. The van der Waals surface area contributed by atoms with Crippen LogP contribution in [0.25, 0.3) is 22.4 Å². The van der Waals surface area contributed by atoms with Crippen LogP contribution in [-0.4, -0.2) is 16.5 Å². The number of rotatable bonds is 3. The molecule has 1 N–H and O–H groups in total. The van der Waals surface area contributed by atoms with E-state index in [0.717, 1.165) is 34.8 Å². The Morgan fingerprint density at radius 1 is 1.21 bits per heavy atom. The highest BCUT2D eigenvalue weighted by Crippen LogP contribution is 2.27. The van der Waals surface area contributed by atoms with E-state index in [-0.39, 0.29) is 0 Å². The Balaban J connectivity index is 2.05. The van der Waals surface area contributed by atoms with Gasteiger partial charge in [-0.1, -0.05) is 11.6 Å². The van der Waals surface area contributed by atoms with E-state index >= 15 is 0 Å². The number of nitrogens with zero attached hydrogens (tertiary/aromatic N) is 2. The summed E-state index contributed by atoms with van der Waals surface area (Å²) < 4.78 is 5.81. The lowest BCUT2D eigenvalue weighted by atomic mass is 10.2. The lowest BCUT2D eigenvalue weighted by Gasteiger charge is -2.02. The van der Waals surface area contributed by atoms with Crippen LogP contribution in [0.1, 0.15) is 12.5 Å². The van der Waals surface area contributed by atoms with Crippen LogP contribution >= 0.6 is 0 Å². The summed E-state index contributed by atoms with van der Waals surface area (Å²) in [7, 11) is 0. The summed E-state index contributed by atoms with van der Waals surface area (Å²) in [6, 6.07) is 8.12. The minimum atomic E-state index is 0.743. The van der Waals surface area contributed by atoms with Gasteiger partial charge >= 0.3 is 0 Å². The van der Waals surface area contributed by atoms with Gasteiger partial charge in [0.25, 0.3) is 0 Å². The molecule has 0 atom stereocenters. The third-order valence-electron chi connectivity index (χ3n) is 2.92. The molecule has 96 valence electrons. The Bertz CT molecular complexity index is 718. The molecule has 0 amide bonds. The molecule has 0 fully saturated rings. The van der Waals surface area contributed by atoms with Gasteiger partial charge in [0.1, 0.15) is 17.1 Å². The molecule has 1 aromatic carbocycles. The van der Waals surface area contributed by atoms with Gasteiger partial charge in [-0.15, -0.1) is 0 Å². The average molecular weight is 253 g/mol. The van der Waals surface area contributed by atoms with Crippen LogP contribution in [0.3, 0.4) is 0 Å². The van der Waals surface area contributed by atoms with E-state index in [1.54, 1.807) is 12.4 Å². The summed E-state index contributed by atoms with van der Waals surface area (Å²) in [4.78, 5) is 8.67. The zero-order chi connectivity index (χ0) is 13.2. The van der Waals surface area contributed by atoms with Gasteiger partial charge in [0.05, 0.1) is 12.4 Å². The highest BCUT2D eigenvalue weighted by atomic mass is 16.3. The molecule has 2 aromatic heterocycles. The number of nitrogens with one attached hydrogen (secondary N) is 1. The highest BCUT2D eigenvalue weighted by molar-refractivity contribution is 5.82. The molecule has 0 spiro atoms. The minimum Gasteiger partial charge on any atom is -0.454 e. The molecule has 0 aliphatic carbocycles. The molecule has 3 rings (SSSR count). The predicted octanol–water partition coefficient (Wildman–Crippen LogP) is 3.63. The number of aryl methyl sites for hydroxylation is 1. The maximum absolute atomic E-state index is 5.81. The molecule has 3 aromatic rings. The van der Waals surface area contributed by atoms with Crippen LogP contribution in [0, 0.1) is 6.92 Å². The van der Waals surface area contributed by atoms with E-state index in [4.69, 9.17) is 4.42 Å². The summed E-state index contributed by atoms with van der Waals surface area (Å²) >= 11 is 0. The van der Waals surface area contributed by atoms with Crippen molar-refractivity contribution in [2.75, 3.05) is 11.9 Å². The molecule has 19 heavy (non-hydrogen) atoms. The number of hydrogen-bond acceptors (Lipinski definition) is 4. The maximum Gasteiger partial charge on any atom is 0.155 e. The molecule has 2 heterocycles. The van der Waals surface area contributed by atoms with E-state index in [1.807, 2.05) is 25.1 Å². The van der Waals surface area contributed by atoms with Crippen molar-refractivity contribution in [3.05, 3.63) is 42.2 Å². The molecule has 0 radical (unpaired) electrons. The van der Waals surface area contributed by atoms with E-state index in [2.05, 4.69) is 28.3 Å². The van der Waals surface area contributed by atoms with Gasteiger partial charge < -0.3 is 9.73 Å². The average Bonchev–Trinajstić information content (AvgIpc) is 2.82. The standard InChI is InChI=1S/C15H15N3O/c1-3-17-15-9-16-8-12(18-15)14-7-11-6-10(2)4-5-13(11)19-14/h4-9H,3H2,1-2H3,(H,17,18). The van der Waals surface area contributed by atoms with Crippen molar-refractivity contribution in [2.24, 2.45) is 0 Å². The lowest BCUT2D eigenvalue weighted by Crippen LogP contribution is -2.00. The Hall–Kier alpha value is -2.36. The quantitative estimate of drug-likeness (QED) is 0.774. The van der Waals surface area contributed by atoms with E-state index in [0.29, 0.717) is 0 Å². The molecular formula is C15H15N3O. The zero-order valence-electron chi connectivity index (χ0n) is 11.0. The fourth-order valence-electron chi connectivity index (χ4n) is 2.04. The van der Waals surface area contributed by atoms with Crippen molar-refractivity contribution in [3.8, 4) is 11.5 Å². The third-order valence-corrected chi connectivity index (χ3v) is 2.92. The monoisotopic (exact) mass is 253 g/mol. The van der Waals surface area contributed by atoms with Crippen LogP contribution in [0.5, 0.6) is 0 Å². The fraction of sp³-hybridized carbons (Fsp3) is 0.200. The first-order valence-electron chi connectivity index (χ1n) is 6.33. The molecule has 4 nitrogen and oxygen atoms in total. The smallest absolute Gasteiger partial charge is 0.155 e. The van der Waals surface area contributed by atoms with E-state index in [1.165, 1.54) is 5.56 Å². The van der Waals surface area contributed by atoms with Gasteiger partial charge in [0.2, 0.25) is 0 Å². The number of anilines is 1. The number of furan rings is 1. The summed E-state index contributed by atoms with van der Waals surface area (Å²) in [6.45, 7) is 4.91. The van der Waals surface area contributed by atoms with Crippen LogP contribution in [0.15, 0.2) is 41.1 Å². The van der Waals surface area contributed by atoms with Crippen molar-refractivity contribution in [2.45, 2.75) is 13.8 Å². The van der Waals surface area contributed by atoms with Gasteiger partial charge in [-0.05, 0) is 32.0 Å². The highest BCUT2D eigenvalue weighted by Gasteiger charge is 2.08. The maximum atomic E-state index is 5.81. The molecule has 0 aliphatic heterocycles. The predicted molar refractivity (Wildman–Crippen MR) is 76.1 cm³/mol. The van der Waals surface area contributed by atoms with Gasteiger partial charge in [-0.25, -0.2) is 4.98 Å². The third kappa shape index (κ3) is 2.29. The second-order valence-corrected chi connectivity index (χ2v) is 4.47. The molecule has 0 unspecified atom stereocenters. The number of fused-ring (bicyclic) bond motifs is 1. The van der Waals surface area contributed by atoms with Crippen molar-refractivity contribution in [1.29, 1.82) is 0 Å². The number of benzene rings is 1. The van der Waals surface area contributed by atoms with Crippen molar-refractivity contribution in [1.82, 2.24) is 9.97 Å². The van der Waals surface area contributed by atoms with Crippen LogP contribution in [0.4, 0.5) is 5.82 Å². The first-order chi connectivity index (χ1) is 9.26. The van der Waals surface area contributed by atoms with Crippen molar-refractivity contribution < 1.29 is 4.42 Å². The first kappa shape index (κ1) is 11.7. The minimum absolute atomic E-state index is 0.743. The lowest BCUT2D eigenvalue weighted by molar-refractivity contribution is 0.628. The van der Waals surface area contributed by atoms with Crippen molar-refractivity contribution in [3.63, 3.8) is 0 Å². The largest absolute Gasteiger partial charge is 0.454 e. The number of aromatic nitrogens is 2. The molecule has 0 saturated carbocycles. The van der Waals surface area contributed by atoms with E-state index in [9.17, 15) is 0 Å². The molecule has 0 bridgehead atoms. The molecule has 0 aliphatic rings. The summed E-state index contributed by atoms with van der Waals surface area (Å²) in [5.41, 5.74) is 2.83. The Kier molecular flexibility index (Phi) is 2.91. The number of hydrogen-bond donors (Lipinski definition) is 1. The van der Waals surface area contributed by atoms with Gasteiger partial charge in [0, 0.05) is 11.9 Å². The van der Waals surface area contributed by atoms with Crippen LogP contribution in [0.2, 0.25) is 0 Å². The summed E-state index contributed by atoms with van der Waals surface area (Å²) in [5.74, 6) is 1.50. The fourth-order valence-corrected chi connectivity index (χ4v) is 2.04. The van der Waals surface area contributed by atoms with Crippen LogP contribution < -0.4 is 5.32 Å². The summed E-state index contributed by atoms with van der Waals surface area (Å²) in [6.07, 6.45) is 3.42. The van der Waals surface area contributed by atoms with Crippen molar-refractivity contribution >= 4 is 16.8 Å². The van der Waals surface area contributed by atoms with Gasteiger partial charge in [-0.3, -0.25) is 4.98 Å². The normalized spacial score (nSPS) is 10.8. The second-order valence-electron chi connectivity index (χ2n) is 4.47. The van der Waals surface area contributed by atoms with Gasteiger partial charge in [-0.2, -0.15) is 0 Å². The van der Waals surface area contributed by atoms with E-state index < -0.39 is 0 Å². The topological polar surface area (TPSA) is 51.0 Å². The Labute approximate surface area is 111 Å². The second kappa shape index (κ2) is 4.72. The van der Waals surface area contributed by atoms with Gasteiger partial charge in [0.15, 0.2) is 5.76 Å². The Morgan fingerprint density at radius 2 is 2.11 bits per heavy atom. The SMILES string of the molecule is CCNc1cncc(-c2cc3cc(C)ccc3o2)n1. The summed E-state index contributed by atoms with van der Waals surface area (Å²) in [5, 5.41) is 4.23. The molecular weight excluding hydrogens is 238 g/mol. The first-order valence-corrected chi connectivity index (χ1v) is 6.33. The Morgan fingerprint density at radius 3 is 2.95 bits per heavy atom.